The van der Waals surface area contributed by atoms with E-state index in [1.165, 1.54) is 6.07 Å². The molecule has 3 rings (SSSR count). The van der Waals surface area contributed by atoms with Gasteiger partial charge in [0.15, 0.2) is 0 Å². The number of para-hydroxylation sites is 1. The van der Waals surface area contributed by atoms with Gasteiger partial charge in [0.2, 0.25) is 0 Å². The van der Waals surface area contributed by atoms with E-state index in [4.69, 9.17) is 5.73 Å². The van der Waals surface area contributed by atoms with Crippen LogP contribution in [0.5, 0.6) is 0 Å². The van der Waals surface area contributed by atoms with E-state index in [2.05, 4.69) is 4.98 Å². The van der Waals surface area contributed by atoms with E-state index < -0.39 is 0 Å². The standard InChI is InChI=1S/C12H10FN3/c13-10-3-1-2-8-4-5-11-15-7-9(6-14)16(11)12(8)10/h1-5,7H,6,14H2. The Bertz CT molecular complexity index is 672. The van der Waals surface area contributed by atoms with Crippen LogP contribution in [0.4, 0.5) is 4.39 Å². The van der Waals surface area contributed by atoms with Gasteiger partial charge in [-0.05, 0) is 18.2 Å². The Hall–Kier alpha value is -1.94. The molecule has 3 aromatic rings. The highest BCUT2D eigenvalue weighted by Gasteiger charge is 2.08. The first-order chi connectivity index (χ1) is 7.81. The van der Waals surface area contributed by atoms with Crippen molar-refractivity contribution < 1.29 is 4.39 Å². The van der Waals surface area contributed by atoms with Crippen LogP contribution in [0.15, 0.2) is 36.5 Å². The number of benzene rings is 1. The van der Waals surface area contributed by atoms with Crippen LogP contribution in [0.3, 0.4) is 0 Å². The molecule has 0 aliphatic carbocycles. The van der Waals surface area contributed by atoms with Gasteiger partial charge < -0.3 is 5.73 Å². The van der Waals surface area contributed by atoms with Gasteiger partial charge in [0.25, 0.3) is 0 Å². The van der Waals surface area contributed by atoms with Crippen LogP contribution in [0.1, 0.15) is 5.69 Å². The van der Waals surface area contributed by atoms with Gasteiger partial charge in [0.05, 0.1) is 17.4 Å². The Morgan fingerprint density at radius 2 is 2.12 bits per heavy atom. The number of pyridine rings is 1. The average Bonchev–Trinajstić information content (AvgIpc) is 2.72. The number of hydrogen-bond donors (Lipinski definition) is 1. The first kappa shape index (κ1) is 9.30. The van der Waals surface area contributed by atoms with Crippen LogP contribution in [0.2, 0.25) is 0 Å². The van der Waals surface area contributed by atoms with E-state index >= 15 is 0 Å². The lowest BCUT2D eigenvalue weighted by Crippen LogP contribution is -2.02. The zero-order valence-electron chi connectivity index (χ0n) is 8.52. The van der Waals surface area contributed by atoms with Crippen LogP contribution < -0.4 is 5.73 Å². The molecule has 0 fully saturated rings. The normalized spacial score (nSPS) is 11.4. The van der Waals surface area contributed by atoms with Crippen LogP contribution in [-0.2, 0) is 6.54 Å². The molecular formula is C12H10FN3. The van der Waals surface area contributed by atoms with Crippen molar-refractivity contribution in [1.29, 1.82) is 0 Å². The molecule has 0 aliphatic heterocycles. The monoisotopic (exact) mass is 215 g/mol. The van der Waals surface area contributed by atoms with Crippen molar-refractivity contribution in [3.05, 3.63) is 48.0 Å². The van der Waals surface area contributed by atoms with Crippen LogP contribution in [-0.4, -0.2) is 9.38 Å². The number of aromatic nitrogens is 2. The van der Waals surface area contributed by atoms with Gasteiger partial charge in [0.1, 0.15) is 11.5 Å². The lowest BCUT2D eigenvalue weighted by Gasteiger charge is -2.05. The highest BCUT2D eigenvalue weighted by Crippen LogP contribution is 2.21. The lowest BCUT2D eigenvalue weighted by atomic mass is 10.2. The molecule has 0 spiro atoms. The molecule has 2 aromatic heterocycles. The third-order valence-corrected chi connectivity index (χ3v) is 2.72. The number of halogens is 1. The Labute approximate surface area is 91.3 Å². The highest BCUT2D eigenvalue weighted by atomic mass is 19.1. The summed E-state index contributed by atoms with van der Waals surface area (Å²) < 4.78 is 15.6. The molecule has 16 heavy (non-hydrogen) atoms. The van der Waals surface area contributed by atoms with Crippen molar-refractivity contribution in [3.8, 4) is 0 Å². The number of rotatable bonds is 1. The quantitative estimate of drug-likeness (QED) is 0.675. The fourth-order valence-electron chi connectivity index (χ4n) is 1.99. The maximum atomic E-state index is 13.8. The summed E-state index contributed by atoms with van der Waals surface area (Å²) >= 11 is 0. The van der Waals surface area contributed by atoms with Crippen molar-refractivity contribution in [1.82, 2.24) is 9.38 Å². The molecule has 0 amide bonds. The third kappa shape index (κ3) is 1.13. The Balaban J connectivity index is 2.60. The molecule has 1 aromatic carbocycles. The number of nitrogens with two attached hydrogens (primary N) is 1. The van der Waals surface area contributed by atoms with Gasteiger partial charge in [-0.3, -0.25) is 4.40 Å². The summed E-state index contributed by atoms with van der Waals surface area (Å²) in [6.45, 7) is 0.342. The summed E-state index contributed by atoms with van der Waals surface area (Å²) in [5.74, 6) is -0.254. The largest absolute Gasteiger partial charge is 0.325 e. The maximum absolute atomic E-state index is 13.8. The van der Waals surface area contributed by atoms with Gasteiger partial charge in [-0.25, -0.2) is 9.37 Å². The van der Waals surface area contributed by atoms with Crippen molar-refractivity contribution in [2.24, 2.45) is 5.73 Å². The molecule has 0 bridgehead atoms. The molecule has 2 heterocycles. The zero-order valence-corrected chi connectivity index (χ0v) is 8.52. The van der Waals surface area contributed by atoms with Gasteiger partial charge in [-0.1, -0.05) is 12.1 Å². The van der Waals surface area contributed by atoms with Crippen molar-refractivity contribution in [2.75, 3.05) is 0 Å². The van der Waals surface area contributed by atoms with Crippen LogP contribution in [0, 0.1) is 5.82 Å². The van der Waals surface area contributed by atoms with Crippen molar-refractivity contribution >= 4 is 16.6 Å². The summed E-state index contributed by atoms with van der Waals surface area (Å²) in [6.07, 6.45) is 1.68. The van der Waals surface area contributed by atoms with E-state index in [-0.39, 0.29) is 5.82 Å². The van der Waals surface area contributed by atoms with Crippen molar-refractivity contribution in [3.63, 3.8) is 0 Å². The molecule has 0 atom stereocenters. The topological polar surface area (TPSA) is 43.3 Å². The second-order valence-electron chi connectivity index (χ2n) is 3.66. The maximum Gasteiger partial charge on any atom is 0.147 e. The van der Waals surface area contributed by atoms with E-state index in [1.54, 1.807) is 16.7 Å². The molecule has 4 heteroatoms. The minimum Gasteiger partial charge on any atom is -0.325 e. The number of imidazole rings is 1. The smallest absolute Gasteiger partial charge is 0.147 e. The van der Waals surface area contributed by atoms with E-state index in [1.807, 2.05) is 18.2 Å². The fraction of sp³-hybridized carbons (Fsp3) is 0.0833. The van der Waals surface area contributed by atoms with Crippen molar-refractivity contribution in [2.45, 2.75) is 6.54 Å². The first-order valence-electron chi connectivity index (χ1n) is 5.05. The van der Waals surface area contributed by atoms with Gasteiger partial charge in [-0.15, -0.1) is 0 Å². The predicted molar refractivity (Wildman–Crippen MR) is 60.5 cm³/mol. The molecular weight excluding hydrogens is 205 g/mol. The summed E-state index contributed by atoms with van der Waals surface area (Å²) in [4.78, 5) is 4.20. The van der Waals surface area contributed by atoms with E-state index in [9.17, 15) is 4.39 Å². The zero-order chi connectivity index (χ0) is 11.1. The van der Waals surface area contributed by atoms with Gasteiger partial charge in [0, 0.05) is 11.9 Å². The summed E-state index contributed by atoms with van der Waals surface area (Å²) in [7, 11) is 0. The minimum absolute atomic E-state index is 0.254. The van der Waals surface area contributed by atoms with E-state index in [0.717, 1.165) is 16.7 Å². The third-order valence-electron chi connectivity index (χ3n) is 2.72. The Morgan fingerprint density at radius 3 is 2.94 bits per heavy atom. The SMILES string of the molecule is NCc1cnc2ccc3cccc(F)c3n12. The first-order valence-corrected chi connectivity index (χ1v) is 5.05. The molecule has 2 N–H and O–H groups in total. The van der Waals surface area contributed by atoms with Gasteiger partial charge >= 0.3 is 0 Å². The summed E-state index contributed by atoms with van der Waals surface area (Å²) in [5.41, 5.74) is 7.69. The molecule has 0 radical (unpaired) electrons. The molecule has 0 unspecified atom stereocenters. The van der Waals surface area contributed by atoms with E-state index in [0.29, 0.717) is 12.1 Å². The molecule has 3 nitrogen and oxygen atoms in total. The summed E-state index contributed by atoms with van der Waals surface area (Å²) in [6, 6.07) is 8.74. The average molecular weight is 215 g/mol. The molecule has 0 aliphatic rings. The molecule has 80 valence electrons. The fourth-order valence-corrected chi connectivity index (χ4v) is 1.99. The van der Waals surface area contributed by atoms with Crippen LogP contribution >= 0.6 is 0 Å². The lowest BCUT2D eigenvalue weighted by molar-refractivity contribution is 0.634. The summed E-state index contributed by atoms with van der Waals surface area (Å²) in [5, 5.41) is 0.847. The highest BCUT2D eigenvalue weighted by molar-refractivity contribution is 5.82. The number of nitrogens with zero attached hydrogens (tertiary/aromatic N) is 2. The Kier molecular flexibility index (Phi) is 1.91. The number of hydrogen-bond acceptors (Lipinski definition) is 2. The number of fused-ring (bicyclic) bond motifs is 3. The van der Waals surface area contributed by atoms with Crippen LogP contribution in [0.25, 0.3) is 16.6 Å². The second kappa shape index (κ2) is 3.28. The van der Waals surface area contributed by atoms with Gasteiger partial charge in [-0.2, -0.15) is 0 Å². The second-order valence-corrected chi connectivity index (χ2v) is 3.66. The molecule has 0 saturated heterocycles. The molecule has 0 saturated carbocycles. The minimum atomic E-state index is -0.254. The predicted octanol–water partition coefficient (Wildman–Crippen LogP) is 2.09. The Morgan fingerprint density at radius 1 is 1.25 bits per heavy atom.